The van der Waals surface area contributed by atoms with E-state index in [0.29, 0.717) is 18.8 Å². The molecule has 1 aliphatic heterocycles. The zero-order chi connectivity index (χ0) is 18.7. The van der Waals surface area contributed by atoms with E-state index in [1.165, 1.54) is 0 Å². The van der Waals surface area contributed by atoms with Crippen molar-refractivity contribution in [3.63, 3.8) is 0 Å². The molecule has 1 amide bonds. The molecule has 5 heteroatoms. The van der Waals surface area contributed by atoms with Gasteiger partial charge in [0, 0.05) is 18.4 Å². The minimum atomic E-state index is -0.191. The van der Waals surface area contributed by atoms with Crippen LogP contribution in [-0.4, -0.2) is 43.2 Å². The van der Waals surface area contributed by atoms with E-state index in [4.69, 9.17) is 9.47 Å². The number of likely N-dealkylation sites (tertiary alicyclic amines) is 1. The van der Waals surface area contributed by atoms with Crippen LogP contribution >= 0.6 is 12.6 Å². The van der Waals surface area contributed by atoms with Crippen molar-refractivity contribution in [1.29, 1.82) is 0 Å². The molecular weight excluding hydrogens is 346 g/mol. The molecule has 1 fully saturated rings. The predicted molar refractivity (Wildman–Crippen MR) is 106 cm³/mol. The largest absolute Gasteiger partial charge is 0.486 e. The van der Waals surface area contributed by atoms with Gasteiger partial charge in [-0.25, -0.2) is 0 Å². The van der Waals surface area contributed by atoms with Crippen molar-refractivity contribution in [3.8, 4) is 5.75 Å². The van der Waals surface area contributed by atoms with Crippen LogP contribution in [0.3, 0.4) is 0 Å². The van der Waals surface area contributed by atoms with E-state index in [1.54, 1.807) is 7.11 Å². The van der Waals surface area contributed by atoms with Crippen LogP contribution in [0.25, 0.3) is 0 Å². The smallest absolute Gasteiger partial charge is 0.254 e. The number of thiol groups is 1. The van der Waals surface area contributed by atoms with E-state index < -0.39 is 0 Å². The van der Waals surface area contributed by atoms with Crippen LogP contribution in [0.5, 0.6) is 5.75 Å². The van der Waals surface area contributed by atoms with E-state index in [1.807, 2.05) is 61.2 Å². The van der Waals surface area contributed by atoms with Crippen LogP contribution in [0.2, 0.25) is 0 Å². The summed E-state index contributed by atoms with van der Waals surface area (Å²) in [5, 5.41) is 0. The average Bonchev–Trinajstić information content (AvgIpc) is 3.06. The molecule has 0 bridgehead atoms. The van der Waals surface area contributed by atoms with Crippen molar-refractivity contribution in [2.45, 2.75) is 31.8 Å². The lowest BCUT2D eigenvalue weighted by molar-refractivity contribution is 0.0339. The Labute approximate surface area is 160 Å². The molecule has 3 rings (SSSR count). The third-order valence-electron chi connectivity index (χ3n) is 4.80. The van der Waals surface area contributed by atoms with Gasteiger partial charge in [-0.2, -0.15) is 12.6 Å². The Balaban J connectivity index is 1.76. The quantitative estimate of drug-likeness (QED) is 0.816. The molecule has 0 aliphatic carbocycles. The number of ether oxygens (including phenoxy) is 2. The summed E-state index contributed by atoms with van der Waals surface area (Å²) < 4.78 is 11.7. The molecule has 26 heavy (non-hydrogen) atoms. The van der Waals surface area contributed by atoms with Gasteiger partial charge in [0.1, 0.15) is 18.0 Å². The second-order valence-corrected chi connectivity index (χ2v) is 7.08. The fourth-order valence-corrected chi connectivity index (χ4v) is 3.47. The van der Waals surface area contributed by atoms with Crippen molar-refractivity contribution < 1.29 is 14.3 Å². The second kappa shape index (κ2) is 8.14. The highest BCUT2D eigenvalue weighted by atomic mass is 32.1. The lowest BCUT2D eigenvalue weighted by Gasteiger charge is -2.19. The highest BCUT2D eigenvalue weighted by molar-refractivity contribution is 7.79. The number of hydrogen-bond acceptors (Lipinski definition) is 4. The summed E-state index contributed by atoms with van der Waals surface area (Å²) >= 11 is 4.31. The number of benzene rings is 2. The minimum Gasteiger partial charge on any atom is -0.486 e. The first-order valence-corrected chi connectivity index (χ1v) is 9.41. The maximum Gasteiger partial charge on any atom is 0.254 e. The number of aryl methyl sites for hydroxylation is 2. The molecule has 2 aromatic rings. The third-order valence-corrected chi connectivity index (χ3v) is 5.16. The van der Waals surface area contributed by atoms with Gasteiger partial charge in [-0.3, -0.25) is 4.79 Å². The van der Waals surface area contributed by atoms with Gasteiger partial charge in [-0.15, -0.1) is 0 Å². The molecular formula is C21H25NO3S. The van der Waals surface area contributed by atoms with Crippen molar-refractivity contribution >= 4 is 18.5 Å². The maximum atomic E-state index is 13.0. The standard InChI is InChI=1S/C21H25NO3S/c1-14-7-8-15(2)18(9-14)21(23)22-11-19(24-3)20(12-22)25-17-6-4-5-16(10-17)13-26/h4-10,19-20,26H,11-13H2,1-3H3. The van der Waals surface area contributed by atoms with E-state index >= 15 is 0 Å². The Morgan fingerprint density at radius 1 is 1.15 bits per heavy atom. The molecule has 2 unspecified atom stereocenters. The maximum absolute atomic E-state index is 13.0. The van der Waals surface area contributed by atoms with Crippen LogP contribution < -0.4 is 4.74 Å². The molecule has 1 aliphatic rings. The normalized spacial score (nSPS) is 19.6. The number of carbonyl (C=O) groups is 1. The van der Waals surface area contributed by atoms with E-state index in [0.717, 1.165) is 28.0 Å². The van der Waals surface area contributed by atoms with Crippen molar-refractivity contribution in [2.75, 3.05) is 20.2 Å². The Morgan fingerprint density at radius 3 is 2.65 bits per heavy atom. The zero-order valence-corrected chi connectivity index (χ0v) is 16.3. The first-order valence-electron chi connectivity index (χ1n) is 8.77. The van der Waals surface area contributed by atoms with Gasteiger partial charge in [0.25, 0.3) is 5.91 Å². The summed E-state index contributed by atoms with van der Waals surface area (Å²) in [4.78, 5) is 14.8. The topological polar surface area (TPSA) is 38.8 Å². The molecule has 2 atom stereocenters. The molecule has 2 aromatic carbocycles. The van der Waals surface area contributed by atoms with Crippen LogP contribution in [0.4, 0.5) is 0 Å². The minimum absolute atomic E-state index is 0.0310. The summed E-state index contributed by atoms with van der Waals surface area (Å²) in [6, 6.07) is 13.8. The average molecular weight is 372 g/mol. The predicted octanol–water partition coefficient (Wildman–Crippen LogP) is 3.65. The van der Waals surface area contributed by atoms with Gasteiger partial charge in [0.2, 0.25) is 0 Å². The van der Waals surface area contributed by atoms with Crippen LogP contribution in [0.1, 0.15) is 27.0 Å². The molecule has 0 radical (unpaired) electrons. The van der Waals surface area contributed by atoms with Gasteiger partial charge >= 0.3 is 0 Å². The van der Waals surface area contributed by atoms with Gasteiger partial charge in [0.15, 0.2) is 0 Å². The highest BCUT2D eigenvalue weighted by Gasteiger charge is 2.37. The summed E-state index contributed by atoms with van der Waals surface area (Å²) in [7, 11) is 1.66. The molecule has 0 spiro atoms. The number of hydrogen-bond donors (Lipinski definition) is 1. The Bertz CT molecular complexity index is 793. The number of methoxy groups -OCH3 is 1. The fourth-order valence-electron chi connectivity index (χ4n) is 3.28. The number of amides is 1. The number of rotatable bonds is 5. The Hall–Kier alpha value is -1.98. The van der Waals surface area contributed by atoms with Gasteiger partial charge in [0.05, 0.1) is 13.1 Å². The Morgan fingerprint density at radius 2 is 1.92 bits per heavy atom. The van der Waals surface area contributed by atoms with E-state index in [9.17, 15) is 4.79 Å². The Kier molecular flexibility index (Phi) is 5.89. The van der Waals surface area contributed by atoms with E-state index in [2.05, 4.69) is 12.6 Å². The van der Waals surface area contributed by atoms with Crippen molar-refractivity contribution in [3.05, 3.63) is 64.7 Å². The first kappa shape index (κ1) is 18.8. The van der Waals surface area contributed by atoms with Gasteiger partial charge in [-0.05, 0) is 43.2 Å². The molecule has 1 heterocycles. The van der Waals surface area contributed by atoms with Gasteiger partial charge < -0.3 is 14.4 Å². The fraction of sp³-hybridized carbons (Fsp3) is 0.381. The van der Waals surface area contributed by atoms with Crippen LogP contribution in [0.15, 0.2) is 42.5 Å². The molecule has 1 saturated heterocycles. The SMILES string of the molecule is COC1CN(C(=O)c2cc(C)ccc2C)CC1Oc1cccc(CS)c1. The number of carbonyl (C=O) groups excluding carboxylic acids is 1. The molecule has 138 valence electrons. The number of nitrogens with zero attached hydrogens (tertiary/aromatic N) is 1. The van der Waals surface area contributed by atoms with Crippen LogP contribution in [0, 0.1) is 13.8 Å². The zero-order valence-electron chi connectivity index (χ0n) is 15.4. The molecule has 4 nitrogen and oxygen atoms in total. The summed E-state index contributed by atoms with van der Waals surface area (Å²) in [6.45, 7) is 5.00. The van der Waals surface area contributed by atoms with Crippen LogP contribution in [-0.2, 0) is 10.5 Å². The molecule has 0 saturated carbocycles. The van der Waals surface area contributed by atoms with Gasteiger partial charge in [-0.1, -0.05) is 29.8 Å². The van der Waals surface area contributed by atoms with Crippen molar-refractivity contribution in [1.82, 2.24) is 4.90 Å². The summed E-state index contributed by atoms with van der Waals surface area (Å²) in [6.07, 6.45) is -0.340. The molecule has 0 aromatic heterocycles. The second-order valence-electron chi connectivity index (χ2n) is 6.76. The monoisotopic (exact) mass is 371 g/mol. The first-order chi connectivity index (χ1) is 12.5. The summed E-state index contributed by atoms with van der Waals surface area (Å²) in [5.74, 6) is 1.47. The highest BCUT2D eigenvalue weighted by Crippen LogP contribution is 2.24. The van der Waals surface area contributed by atoms with E-state index in [-0.39, 0.29) is 18.1 Å². The molecule has 0 N–H and O–H groups in total. The third kappa shape index (κ3) is 4.05. The van der Waals surface area contributed by atoms with Crippen molar-refractivity contribution in [2.24, 2.45) is 0 Å². The lowest BCUT2D eigenvalue weighted by Crippen LogP contribution is -2.32. The lowest BCUT2D eigenvalue weighted by atomic mass is 10.0. The summed E-state index contributed by atoms with van der Waals surface area (Å²) in [5.41, 5.74) is 3.91.